The molecule has 0 spiro atoms. The van der Waals surface area contributed by atoms with E-state index < -0.39 is 5.92 Å². The minimum atomic E-state index is -0.390. The number of aryl methyl sites for hydroxylation is 1. The number of hydrogen-bond acceptors (Lipinski definition) is 6. The summed E-state index contributed by atoms with van der Waals surface area (Å²) in [4.78, 5) is 16.2. The molecule has 4 rings (SSSR count). The van der Waals surface area contributed by atoms with Crippen molar-refractivity contribution in [2.24, 2.45) is 5.73 Å². The summed E-state index contributed by atoms with van der Waals surface area (Å²) in [5.41, 5.74) is 10.6. The summed E-state index contributed by atoms with van der Waals surface area (Å²) in [6.45, 7) is 2.06. The molecule has 2 aromatic rings. The van der Waals surface area contributed by atoms with Gasteiger partial charge < -0.3 is 5.73 Å². The summed E-state index contributed by atoms with van der Waals surface area (Å²) in [5.74, 6) is 0.144. The molecule has 1 aromatic heterocycles. The highest BCUT2D eigenvalue weighted by molar-refractivity contribution is 9.10. The predicted octanol–water partition coefficient (Wildman–Crippen LogP) is 5.85. The maximum atomic E-state index is 13.2. The number of allylic oxidation sites excluding steroid dienone is 3. The van der Waals surface area contributed by atoms with E-state index in [0.29, 0.717) is 17.8 Å². The van der Waals surface area contributed by atoms with Crippen LogP contribution in [0.2, 0.25) is 0 Å². The van der Waals surface area contributed by atoms with E-state index in [2.05, 4.69) is 35.0 Å². The van der Waals surface area contributed by atoms with E-state index in [1.807, 2.05) is 35.4 Å². The molecule has 7 heteroatoms. The lowest BCUT2D eigenvalue weighted by Gasteiger charge is -2.39. The molecule has 0 saturated heterocycles. The lowest BCUT2D eigenvalue weighted by molar-refractivity contribution is -0.116. The molecule has 1 atom stereocenters. The number of anilines is 1. The Balaban J connectivity index is 1.99. The first-order valence-electron chi connectivity index (χ1n) is 9.32. The van der Waals surface area contributed by atoms with Crippen molar-refractivity contribution in [2.75, 3.05) is 11.2 Å². The van der Waals surface area contributed by atoms with Gasteiger partial charge in [-0.25, -0.2) is 0 Å². The van der Waals surface area contributed by atoms with E-state index in [4.69, 9.17) is 5.73 Å². The number of ketones is 1. The number of hydrogen-bond donors (Lipinski definition) is 1. The van der Waals surface area contributed by atoms with E-state index in [9.17, 15) is 10.1 Å². The van der Waals surface area contributed by atoms with Gasteiger partial charge in [0.2, 0.25) is 0 Å². The molecule has 2 N–H and O–H groups in total. The van der Waals surface area contributed by atoms with E-state index >= 15 is 0 Å². The first kappa shape index (κ1) is 20.3. The summed E-state index contributed by atoms with van der Waals surface area (Å²) in [6.07, 6.45) is 4.10. The lowest BCUT2D eigenvalue weighted by atomic mass is 9.76. The van der Waals surface area contributed by atoms with Crippen molar-refractivity contribution >= 4 is 50.5 Å². The van der Waals surface area contributed by atoms with Crippen molar-refractivity contribution in [2.45, 2.75) is 36.3 Å². The SMILES string of the molecule is CSc1sc(C)cc1[C@@H]1C(C#N)=C(N)N(c2cccc(Br)c2)C2=C1C(=O)CCC2. The summed E-state index contributed by atoms with van der Waals surface area (Å²) in [6, 6.07) is 12.2. The maximum Gasteiger partial charge on any atom is 0.161 e. The molecule has 0 unspecified atom stereocenters. The van der Waals surface area contributed by atoms with Gasteiger partial charge in [-0.2, -0.15) is 5.26 Å². The molecule has 1 aliphatic carbocycles. The van der Waals surface area contributed by atoms with E-state index in [0.717, 1.165) is 44.0 Å². The number of nitrogens with two attached hydrogens (primary N) is 1. The van der Waals surface area contributed by atoms with Crippen molar-refractivity contribution in [3.8, 4) is 6.07 Å². The predicted molar refractivity (Wildman–Crippen MR) is 123 cm³/mol. The number of thiophene rings is 1. The summed E-state index contributed by atoms with van der Waals surface area (Å²) in [7, 11) is 0. The second-order valence-electron chi connectivity index (χ2n) is 7.10. The van der Waals surface area contributed by atoms with Crippen LogP contribution in [0.3, 0.4) is 0 Å². The summed E-state index contributed by atoms with van der Waals surface area (Å²) < 4.78 is 2.06. The van der Waals surface area contributed by atoms with E-state index in [-0.39, 0.29) is 5.78 Å². The van der Waals surface area contributed by atoms with Crippen LogP contribution in [0, 0.1) is 18.3 Å². The molecule has 4 nitrogen and oxygen atoms in total. The Labute approximate surface area is 187 Å². The number of benzene rings is 1. The Bertz CT molecular complexity index is 1110. The zero-order valence-electron chi connectivity index (χ0n) is 16.2. The summed E-state index contributed by atoms with van der Waals surface area (Å²) >= 11 is 6.87. The molecular weight excluding hydrogens is 466 g/mol. The fraction of sp³-hybridized carbons (Fsp3) is 0.273. The minimum absolute atomic E-state index is 0.118. The fourth-order valence-corrected chi connectivity index (χ4v) is 6.48. The molecule has 0 bridgehead atoms. The Kier molecular flexibility index (Phi) is 5.60. The highest BCUT2D eigenvalue weighted by Gasteiger charge is 2.41. The molecule has 148 valence electrons. The van der Waals surface area contributed by atoms with E-state index in [1.54, 1.807) is 23.1 Å². The van der Waals surface area contributed by atoms with Crippen molar-refractivity contribution in [1.29, 1.82) is 5.26 Å². The van der Waals surface area contributed by atoms with Crippen LogP contribution in [0.1, 0.15) is 35.6 Å². The molecule has 0 saturated carbocycles. The molecule has 0 radical (unpaired) electrons. The molecule has 1 aliphatic heterocycles. The van der Waals surface area contributed by atoms with Crippen LogP contribution in [0.25, 0.3) is 0 Å². The van der Waals surface area contributed by atoms with Gasteiger partial charge in [-0.05, 0) is 55.9 Å². The third-order valence-corrected chi connectivity index (χ3v) is 8.03. The van der Waals surface area contributed by atoms with Gasteiger partial charge in [0, 0.05) is 32.7 Å². The van der Waals surface area contributed by atoms with E-state index in [1.165, 1.54) is 4.88 Å². The third kappa shape index (κ3) is 3.43. The fourth-order valence-electron chi connectivity index (χ4n) is 4.18. The van der Waals surface area contributed by atoms with Gasteiger partial charge in [0.25, 0.3) is 0 Å². The Hall–Kier alpha value is -2.01. The van der Waals surface area contributed by atoms with Crippen LogP contribution >= 0.6 is 39.0 Å². The van der Waals surface area contributed by atoms with Crippen molar-refractivity contribution in [1.82, 2.24) is 0 Å². The van der Waals surface area contributed by atoms with Gasteiger partial charge in [-0.3, -0.25) is 9.69 Å². The van der Waals surface area contributed by atoms with Crippen molar-refractivity contribution in [3.63, 3.8) is 0 Å². The Morgan fingerprint density at radius 2 is 2.14 bits per heavy atom. The van der Waals surface area contributed by atoms with Crippen LogP contribution < -0.4 is 10.6 Å². The molecule has 0 fully saturated rings. The first-order chi connectivity index (χ1) is 14.0. The van der Waals surface area contributed by atoms with Gasteiger partial charge >= 0.3 is 0 Å². The number of halogens is 1. The standard InChI is InChI=1S/C22H20BrN3OS2/c1-12-9-15(22(28-2)29-12)19-16(11-24)21(25)26(14-6-3-5-13(23)10-14)17-7-4-8-18(27)20(17)19/h3,5-6,9-10,19H,4,7-8,25H2,1-2H3/t19-/m1/s1. The average Bonchev–Trinajstić information content (AvgIpc) is 3.07. The van der Waals surface area contributed by atoms with Crippen LogP contribution in [0.4, 0.5) is 5.69 Å². The molecule has 2 aliphatic rings. The number of nitriles is 1. The van der Waals surface area contributed by atoms with Gasteiger partial charge in [0.1, 0.15) is 5.82 Å². The summed E-state index contributed by atoms with van der Waals surface area (Å²) in [5, 5.41) is 10.1. The number of carbonyl (C=O) groups excluding carboxylic acids is 1. The van der Waals surface area contributed by atoms with Gasteiger partial charge in [0.05, 0.1) is 21.8 Å². The van der Waals surface area contributed by atoms with Crippen LogP contribution in [0.5, 0.6) is 0 Å². The zero-order valence-corrected chi connectivity index (χ0v) is 19.4. The molecule has 1 aromatic carbocycles. The van der Waals surface area contributed by atoms with Crippen LogP contribution in [-0.4, -0.2) is 12.0 Å². The maximum absolute atomic E-state index is 13.2. The second kappa shape index (κ2) is 8.02. The topological polar surface area (TPSA) is 70.1 Å². The van der Waals surface area contributed by atoms with Crippen LogP contribution in [0.15, 0.2) is 61.7 Å². The Morgan fingerprint density at radius 3 is 2.83 bits per heavy atom. The number of carbonyl (C=O) groups is 1. The number of thioether (sulfide) groups is 1. The Morgan fingerprint density at radius 1 is 1.34 bits per heavy atom. The highest BCUT2D eigenvalue weighted by Crippen LogP contribution is 2.49. The van der Waals surface area contributed by atoms with Gasteiger partial charge in [-0.15, -0.1) is 23.1 Å². The quantitative estimate of drug-likeness (QED) is 0.552. The average molecular weight is 486 g/mol. The highest BCUT2D eigenvalue weighted by atomic mass is 79.9. The number of rotatable bonds is 3. The minimum Gasteiger partial charge on any atom is -0.384 e. The van der Waals surface area contributed by atoms with Gasteiger partial charge in [-0.1, -0.05) is 22.0 Å². The number of Topliss-reactive ketones (excluding diaryl/α,β-unsaturated/α-hetero) is 1. The molecule has 2 heterocycles. The van der Waals surface area contributed by atoms with Crippen molar-refractivity contribution < 1.29 is 4.79 Å². The lowest BCUT2D eigenvalue weighted by Crippen LogP contribution is -2.38. The monoisotopic (exact) mass is 485 g/mol. The normalized spacial score (nSPS) is 19.4. The zero-order chi connectivity index (χ0) is 20.7. The largest absolute Gasteiger partial charge is 0.384 e. The third-order valence-electron chi connectivity index (χ3n) is 5.32. The smallest absolute Gasteiger partial charge is 0.161 e. The van der Waals surface area contributed by atoms with Crippen LogP contribution in [-0.2, 0) is 4.79 Å². The first-order valence-corrected chi connectivity index (χ1v) is 12.2. The molecular formula is C22H20BrN3OS2. The molecule has 0 amide bonds. The molecule has 29 heavy (non-hydrogen) atoms. The van der Waals surface area contributed by atoms with Crippen molar-refractivity contribution in [3.05, 3.63) is 67.9 Å². The second-order valence-corrected chi connectivity index (χ2v) is 10.3. The van der Waals surface area contributed by atoms with Gasteiger partial charge in [0.15, 0.2) is 5.78 Å². The number of nitrogens with zero attached hydrogens (tertiary/aromatic N) is 2.